The summed E-state index contributed by atoms with van der Waals surface area (Å²) in [6.07, 6.45) is 4.05. The van der Waals surface area contributed by atoms with Gasteiger partial charge >= 0.3 is 0 Å². The Kier molecular flexibility index (Phi) is 5.05. The van der Waals surface area contributed by atoms with Crippen molar-refractivity contribution in [3.05, 3.63) is 64.4 Å². The van der Waals surface area contributed by atoms with Crippen LogP contribution in [-0.4, -0.2) is 23.0 Å². The van der Waals surface area contributed by atoms with Crippen LogP contribution >= 0.6 is 11.3 Å². The van der Waals surface area contributed by atoms with E-state index in [1.54, 1.807) is 35.7 Å². The second-order valence-electron chi connectivity index (χ2n) is 6.94. The molecule has 1 aliphatic heterocycles. The molecule has 0 atom stereocenters. The molecule has 0 saturated heterocycles. The molecule has 0 aliphatic carbocycles. The lowest BCUT2D eigenvalue weighted by molar-refractivity contribution is -0.117. The first-order valence-corrected chi connectivity index (χ1v) is 9.83. The fraction of sp³-hybridized carbons (Fsp3) is 0.227. The number of aryl methyl sites for hydroxylation is 1. The normalized spacial score (nSPS) is 13.5. The van der Waals surface area contributed by atoms with Gasteiger partial charge < -0.3 is 4.74 Å². The van der Waals surface area contributed by atoms with Crippen molar-refractivity contribution in [3.8, 4) is 11.5 Å². The molecule has 6 heteroatoms. The third-order valence-corrected chi connectivity index (χ3v) is 5.49. The van der Waals surface area contributed by atoms with E-state index < -0.39 is 5.82 Å². The molecule has 4 nitrogen and oxygen atoms in total. The summed E-state index contributed by atoms with van der Waals surface area (Å²) >= 11 is 1.56. The first-order valence-electron chi connectivity index (χ1n) is 9.01. The third-order valence-electron chi connectivity index (χ3n) is 4.44. The molecule has 0 bridgehead atoms. The minimum Gasteiger partial charge on any atom is -0.453 e. The average Bonchev–Trinajstić information content (AvgIpc) is 3.22. The van der Waals surface area contributed by atoms with Gasteiger partial charge in [-0.05, 0) is 43.7 Å². The molecule has 0 N–H and O–H groups in total. The van der Waals surface area contributed by atoms with E-state index in [1.165, 1.54) is 6.07 Å². The molecule has 0 saturated carbocycles. The van der Waals surface area contributed by atoms with Gasteiger partial charge in [0.15, 0.2) is 11.6 Å². The van der Waals surface area contributed by atoms with Gasteiger partial charge in [-0.2, -0.15) is 0 Å². The average molecular weight is 394 g/mol. The van der Waals surface area contributed by atoms with Crippen LogP contribution in [-0.2, 0) is 11.2 Å². The number of hydrogen-bond donors (Lipinski definition) is 0. The van der Waals surface area contributed by atoms with Crippen molar-refractivity contribution in [2.75, 3.05) is 6.54 Å². The van der Waals surface area contributed by atoms with E-state index in [-0.39, 0.29) is 24.4 Å². The Bertz CT molecular complexity index is 1130. The molecule has 3 aromatic rings. The van der Waals surface area contributed by atoms with Gasteiger partial charge in [-0.3, -0.25) is 14.8 Å². The van der Waals surface area contributed by atoms with Gasteiger partial charge in [0, 0.05) is 35.7 Å². The summed E-state index contributed by atoms with van der Waals surface area (Å²) in [5, 5.41) is 0. The van der Waals surface area contributed by atoms with Gasteiger partial charge in [0.1, 0.15) is 11.5 Å². The Morgan fingerprint density at radius 2 is 2.04 bits per heavy atom. The smallest absolute Gasteiger partial charge is 0.166 e. The van der Waals surface area contributed by atoms with Crippen molar-refractivity contribution in [1.29, 1.82) is 0 Å². The lowest BCUT2D eigenvalue weighted by Gasteiger charge is -2.09. The minimum absolute atomic E-state index is 0.0164. The molecule has 1 aliphatic rings. The fourth-order valence-electron chi connectivity index (χ4n) is 3.17. The molecule has 0 unspecified atom stereocenters. The summed E-state index contributed by atoms with van der Waals surface area (Å²) in [7, 11) is 0. The number of fused-ring (bicyclic) bond motifs is 1. The van der Waals surface area contributed by atoms with Crippen LogP contribution in [0.4, 0.5) is 4.39 Å². The predicted octanol–water partition coefficient (Wildman–Crippen LogP) is 5.44. The molecule has 0 fully saturated rings. The number of Topliss-reactive ketones (excluding diaryl/α,β-unsaturated/α-hetero) is 1. The van der Waals surface area contributed by atoms with E-state index in [1.807, 2.05) is 26.0 Å². The molecule has 0 radical (unpaired) electrons. The highest BCUT2D eigenvalue weighted by molar-refractivity contribution is 7.19. The first kappa shape index (κ1) is 18.5. The molecule has 0 spiro atoms. The number of allylic oxidation sites excluding steroid dienone is 1. The zero-order chi connectivity index (χ0) is 19.7. The number of carbonyl (C=O) groups excluding carboxylic acids is 1. The lowest BCUT2D eigenvalue weighted by Crippen LogP contribution is -2.08. The Hall–Kier alpha value is -2.86. The number of ether oxygens (including phenoxy) is 1. The van der Waals surface area contributed by atoms with Crippen LogP contribution in [0.2, 0.25) is 0 Å². The fourth-order valence-corrected chi connectivity index (χ4v) is 4.09. The van der Waals surface area contributed by atoms with Gasteiger partial charge in [0.05, 0.1) is 16.8 Å². The summed E-state index contributed by atoms with van der Waals surface area (Å²) in [5.41, 5.74) is 3.42. The van der Waals surface area contributed by atoms with Crippen LogP contribution in [0.25, 0.3) is 10.2 Å². The number of halogens is 1. The Balaban J connectivity index is 1.47. The summed E-state index contributed by atoms with van der Waals surface area (Å²) < 4.78 is 21.3. The lowest BCUT2D eigenvalue weighted by atomic mass is 10.0. The Labute approximate surface area is 166 Å². The van der Waals surface area contributed by atoms with Gasteiger partial charge in [-0.15, -0.1) is 11.3 Å². The number of thiophene rings is 1. The summed E-state index contributed by atoms with van der Waals surface area (Å²) in [6.45, 7) is 4.65. The third kappa shape index (κ3) is 4.02. The SMILES string of the molecule is CC1=CC(CC(=O)Cc2ccc(Oc3ccnc4cc(C)sc34)c(F)c2)=NC1. The summed E-state index contributed by atoms with van der Waals surface area (Å²) in [6, 6.07) is 8.37. The number of pyridine rings is 1. The van der Waals surface area contributed by atoms with E-state index in [2.05, 4.69) is 9.98 Å². The number of benzene rings is 1. The molecule has 2 aromatic heterocycles. The maximum Gasteiger partial charge on any atom is 0.166 e. The van der Waals surface area contributed by atoms with Gasteiger partial charge in [0.25, 0.3) is 0 Å². The minimum atomic E-state index is -0.488. The molecule has 3 heterocycles. The molecular formula is C22H19FN2O2S. The number of hydrogen-bond acceptors (Lipinski definition) is 5. The maximum absolute atomic E-state index is 14.6. The molecule has 1 aromatic carbocycles. The first-order chi connectivity index (χ1) is 13.5. The Morgan fingerprint density at radius 3 is 2.79 bits per heavy atom. The van der Waals surface area contributed by atoms with Gasteiger partial charge in [-0.1, -0.05) is 11.6 Å². The van der Waals surface area contributed by atoms with E-state index in [0.29, 0.717) is 17.9 Å². The molecule has 0 amide bonds. The summed E-state index contributed by atoms with van der Waals surface area (Å²) in [4.78, 5) is 22.0. The number of nitrogens with zero attached hydrogens (tertiary/aromatic N) is 2. The quantitative estimate of drug-likeness (QED) is 0.559. The van der Waals surface area contributed by atoms with Crippen molar-refractivity contribution in [2.24, 2.45) is 4.99 Å². The van der Waals surface area contributed by atoms with Crippen LogP contribution in [0, 0.1) is 12.7 Å². The number of rotatable bonds is 6. The zero-order valence-corrected chi connectivity index (χ0v) is 16.5. The highest BCUT2D eigenvalue weighted by Gasteiger charge is 2.14. The van der Waals surface area contributed by atoms with E-state index in [9.17, 15) is 9.18 Å². The number of ketones is 1. The van der Waals surface area contributed by atoms with Crippen molar-refractivity contribution in [1.82, 2.24) is 4.98 Å². The van der Waals surface area contributed by atoms with Crippen LogP contribution in [0.3, 0.4) is 0 Å². The zero-order valence-electron chi connectivity index (χ0n) is 15.7. The molecule has 4 rings (SSSR count). The molecule has 142 valence electrons. The standard InChI is InChI=1S/C22H19FN2O2S/c1-13-7-16(25-12-13)11-17(26)9-15-3-4-20(18(23)10-15)27-21-5-6-24-19-8-14(2)28-22(19)21/h3-8,10H,9,11-12H2,1-2H3. The number of aliphatic imine (C=N–C) groups is 1. The van der Waals surface area contributed by atoms with E-state index in [0.717, 1.165) is 26.4 Å². The van der Waals surface area contributed by atoms with Crippen LogP contribution in [0.1, 0.15) is 23.8 Å². The van der Waals surface area contributed by atoms with Gasteiger partial charge in [-0.25, -0.2) is 4.39 Å². The van der Waals surface area contributed by atoms with Crippen LogP contribution in [0.15, 0.2) is 53.2 Å². The second kappa shape index (κ2) is 7.64. The topological polar surface area (TPSA) is 51.5 Å². The Morgan fingerprint density at radius 1 is 1.18 bits per heavy atom. The number of aromatic nitrogens is 1. The van der Waals surface area contributed by atoms with Crippen molar-refractivity contribution in [2.45, 2.75) is 26.7 Å². The predicted molar refractivity (Wildman–Crippen MR) is 110 cm³/mol. The monoisotopic (exact) mass is 394 g/mol. The molecule has 28 heavy (non-hydrogen) atoms. The van der Waals surface area contributed by atoms with E-state index >= 15 is 0 Å². The highest BCUT2D eigenvalue weighted by atomic mass is 32.1. The maximum atomic E-state index is 14.6. The molecular weight excluding hydrogens is 375 g/mol. The largest absolute Gasteiger partial charge is 0.453 e. The second-order valence-corrected chi connectivity index (χ2v) is 8.19. The van der Waals surface area contributed by atoms with Crippen molar-refractivity contribution >= 4 is 33.0 Å². The van der Waals surface area contributed by atoms with Crippen LogP contribution < -0.4 is 4.74 Å². The van der Waals surface area contributed by atoms with Gasteiger partial charge in [0.2, 0.25) is 0 Å². The van der Waals surface area contributed by atoms with Crippen LogP contribution in [0.5, 0.6) is 11.5 Å². The van der Waals surface area contributed by atoms with Crippen molar-refractivity contribution in [3.63, 3.8) is 0 Å². The number of carbonyl (C=O) groups is 1. The van der Waals surface area contributed by atoms with Crippen molar-refractivity contribution < 1.29 is 13.9 Å². The highest BCUT2D eigenvalue weighted by Crippen LogP contribution is 2.35. The summed E-state index contributed by atoms with van der Waals surface area (Å²) in [5.74, 6) is 0.237. The van der Waals surface area contributed by atoms with E-state index in [4.69, 9.17) is 4.74 Å².